The van der Waals surface area contributed by atoms with Gasteiger partial charge in [0, 0.05) is 28.3 Å². The number of carbonyl (C=O) groups is 2. The molecule has 0 radical (unpaired) electrons. The Morgan fingerprint density at radius 2 is 1.78 bits per heavy atom. The Balaban J connectivity index is 1.53. The number of carbonyl (C=O) groups excluding carboxylic acids is 2. The van der Waals surface area contributed by atoms with Gasteiger partial charge >= 0.3 is 0 Å². The van der Waals surface area contributed by atoms with Crippen LogP contribution in [0.4, 0.5) is 11.4 Å². The number of amides is 2. The summed E-state index contributed by atoms with van der Waals surface area (Å²) >= 11 is 4.55. The second-order valence-electron chi connectivity index (χ2n) is 5.48. The molecule has 2 N–H and O–H groups in total. The summed E-state index contributed by atoms with van der Waals surface area (Å²) in [5.74, 6) is 0.181. The summed E-state index contributed by atoms with van der Waals surface area (Å²) in [7, 11) is 0. The first-order valence-corrected chi connectivity index (χ1v) is 9.67. The van der Waals surface area contributed by atoms with Gasteiger partial charge in [-0.3, -0.25) is 9.59 Å². The molecule has 9 heteroatoms. The van der Waals surface area contributed by atoms with Crippen molar-refractivity contribution in [3.8, 4) is 11.5 Å². The molecule has 1 aromatic heterocycles. The summed E-state index contributed by atoms with van der Waals surface area (Å²) in [6, 6.07) is 14.4. The quantitative estimate of drug-likeness (QED) is 0.550. The van der Waals surface area contributed by atoms with Crippen LogP contribution in [0.5, 0.6) is 0 Å². The molecule has 0 fully saturated rings. The summed E-state index contributed by atoms with van der Waals surface area (Å²) in [6.45, 7) is 1.44. The zero-order chi connectivity index (χ0) is 19.2. The number of benzene rings is 2. The van der Waals surface area contributed by atoms with Gasteiger partial charge < -0.3 is 15.1 Å². The predicted octanol–water partition coefficient (Wildman–Crippen LogP) is 4.19. The van der Waals surface area contributed by atoms with E-state index in [0.717, 1.165) is 21.8 Å². The molecule has 7 nitrogen and oxygen atoms in total. The largest absolute Gasteiger partial charge is 0.411 e. The Hall–Kier alpha value is -2.65. The molecular weight excluding hydrogens is 432 g/mol. The van der Waals surface area contributed by atoms with Gasteiger partial charge in [-0.25, -0.2) is 0 Å². The summed E-state index contributed by atoms with van der Waals surface area (Å²) in [4.78, 5) is 23.1. The van der Waals surface area contributed by atoms with E-state index < -0.39 is 0 Å². The highest BCUT2D eigenvalue weighted by Crippen LogP contribution is 2.25. The highest BCUT2D eigenvalue weighted by atomic mass is 79.9. The molecule has 27 heavy (non-hydrogen) atoms. The lowest BCUT2D eigenvalue weighted by Crippen LogP contribution is -2.14. The van der Waals surface area contributed by atoms with Crippen molar-refractivity contribution in [3.05, 3.63) is 53.0 Å². The first-order valence-electron chi connectivity index (χ1n) is 7.89. The third-order valence-electron chi connectivity index (χ3n) is 3.29. The van der Waals surface area contributed by atoms with E-state index in [1.54, 1.807) is 24.3 Å². The molecule has 0 aliphatic carbocycles. The number of halogens is 1. The van der Waals surface area contributed by atoms with Crippen LogP contribution in [0.15, 0.2) is 62.6 Å². The lowest BCUT2D eigenvalue weighted by Gasteiger charge is -2.06. The smallest absolute Gasteiger partial charge is 0.277 e. The van der Waals surface area contributed by atoms with Crippen LogP contribution in [0.3, 0.4) is 0 Å². The van der Waals surface area contributed by atoms with Gasteiger partial charge in [-0.2, -0.15) is 0 Å². The Kier molecular flexibility index (Phi) is 6.25. The van der Waals surface area contributed by atoms with Gasteiger partial charge in [0.15, 0.2) is 0 Å². The normalized spacial score (nSPS) is 10.4. The molecule has 0 saturated heterocycles. The molecule has 0 aliphatic rings. The highest BCUT2D eigenvalue weighted by molar-refractivity contribution is 9.10. The maximum atomic E-state index is 12.1. The Bertz CT molecular complexity index is 959. The van der Waals surface area contributed by atoms with E-state index in [1.165, 1.54) is 6.92 Å². The van der Waals surface area contributed by atoms with Crippen LogP contribution in [0, 0.1) is 0 Å². The van der Waals surface area contributed by atoms with Crippen molar-refractivity contribution in [2.75, 3.05) is 16.4 Å². The van der Waals surface area contributed by atoms with Crippen molar-refractivity contribution in [1.82, 2.24) is 10.2 Å². The van der Waals surface area contributed by atoms with E-state index in [1.807, 2.05) is 24.3 Å². The SMILES string of the molecule is CC(=O)Nc1ccc(NC(=O)CSc2nnc(-c3cccc(Br)c3)o2)cc1. The standard InChI is InChI=1S/C18H15BrN4O3S/c1-11(24)20-14-5-7-15(8-6-14)21-16(25)10-27-18-23-22-17(26-18)12-3-2-4-13(19)9-12/h2-9H,10H2,1H3,(H,20,24)(H,21,25). The van der Waals surface area contributed by atoms with E-state index in [0.29, 0.717) is 22.5 Å². The van der Waals surface area contributed by atoms with Crippen molar-refractivity contribution in [3.63, 3.8) is 0 Å². The number of aromatic nitrogens is 2. The van der Waals surface area contributed by atoms with Crippen LogP contribution >= 0.6 is 27.7 Å². The second-order valence-corrected chi connectivity index (χ2v) is 7.32. The number of thioether (sulfide) groups is 1. The van der Waals surface area contributed by atoms with E-state index in [2.05, 4.69) is 36.8 Å². The van der Waals surface area contributed by atoms with Gasteiger partial charge in [0.25, 0.3) is 5.22 Å². The van der Waals surface area contributed by atoms with Crippen LogP contribution in [0.25, 0.3) is 11.5 Å². The lowest BCUT2D eigenvalue weighted by atomic mass is 10.2. The van der Waals surface area contributed by atoms with Gasteiger partial charge in [0.05, 0.1) is 5.75 Å². The zero-order valence-electron chi connectivity index (χ0n) is 14.2. The van der Waals surface area contributed by atoms with E-state index >= 15 is 0 Å². The Morgan fingerprint density at radius 3 is 2.44 bits per heavy atom. The fourth-order valence-corrected chi connectivity index (χ4v) is 3.13. The monoisotopic (exact) mass is 446 g/mol. The van der Waals surface area contributed by atoms with Crippen molar-refractivity contribution in [1.29, 1.82) is 0 Å². The third-order valence-corrected chi connectivity index (χ3v) is 4.61. The topological polar surface area (TPSA) is 97.1 Å². The van der Waals surface area contributed by atoms with Gasteiger partial charge in [0.2, 0.25) is 17.7 Å². The summed E-state index contributed by atoms with van der Waals surface area (Å²) < 4.78 is 6.49. The molecule has 0 spiro atoms. The molecule has 0 atom stereocenters. The first kappa shape index (κ1) is 19.1. The minimum absolute atomic E-state index is 0.133. The second kappa shape index (κ2) is 8.83. The lowest BCUT2D eigenvalue weighted by molar-refractivity contribution is -0.114. The van der Waals surface area contributed by atoms with Crippen LogP contribution in [0.2, 0.25) is 0 Å². The van der Waals surface area contributed by atoms with Gasteiger partial charge in [-0.05, 0) is 42.5 Å². The predicted molar refractivity (Wildman–Crippen MR) is 108 cm³/mol. The van der Waals surface area contributed by atoms with Crippen molar-refractivity contribution >= 4 is 50.9 Å². The number of nitrogens with zero attached hydrogens (tertiary/aromatic N) is 2. The maximum Gasteiger partial charge on any atom is 0.277 e. The van der Waals surface area contributed by atoms with E-state index in [-0.39, 0.29) is 17.6 Å². The molecule has 0 unspecified atom stereocenters. The summed E-state index contributed by atoms with van der Waals surface area (Å²) in [5.41, 5.74) is 2.10. The number of hydrogen-bond acceptors (Lipinski definition) is 6. The van der Waals surface area contributed by atoms with Gasteiger partial charge in [-0.1, -0.05) is 33.8 Å². The van der Waals surface area contributed by atoms with Gasteiger partial charge in [-0.15, -0.1) is 10.2 Å². The van der Waals surface area contributed by atoms with Crippen molar-refractivity contribution in [2.24, 2.45) is 0 Å². The number of nitrogens with one attached hydrogen (secondary N) is 2. The van der Waals surface area contributed by atoms with Crippen molar-refractivity contribution in [2.45, 2.75) is 12.1 Å². The maximum absolute atomic E-state index is 12.1. The molecule has 3 aromatic rings. The summed E-state index contributed by atoms with van der Waals surface area (Å²) in [6.07, 6.45) is 0. The Labute approximate surface area is 168 Å². The molecular formula is C18H15BrN4O3S. The van der Waals surface area contributed by atoms with E-state index in [9.17, 15) is 9.59 Å². The molecule has 2 aromatic carbocycles. The zero-order valence-corrected chi connectivity index (χ0v) is 16.6. The van der Waals surface area contributed by atoms with Gasteiger partial charge in [0.1, 0.15) is 0 Å². The average molecular weight is 447 g/mol. The van der Waals surface area contributed by atoms with Crippen LogP contribution in [-0.4, -0.2) is 27.8 Å². The molecule has 0 aliphatic heterocycles. The van der Waals surface area contributed by atoms with Crippen LogP contribution < -0.4 is 10.6 Å². The average Bonchev–Trinajstić information content (AvgIpc) is 3.10. The molecule has 138 valence electrons. The fraction of sp³-hybridized carbons (Fsp3) is 0.111. The molecule has 0 bridgehead atoms. The van der Waals surface area contributed by atoms with Crippen LogP contribution in [0.1, 0.15) is 6.92 Å². The minimum Gasteiger partial charge on any atom is -0.411 e. The van der Waals surface area contributed by atoms with Crippen molar-refractivity contribution < 1.29 is 14.0 Å². The molecule has 0 saturated carbocycles. The minimum atomic E-state index is -0.200. The van der Waals surface area contributed by atoms with Crippen LogP contribution in [-0.2, 0) is 9.59 Å². The highest BCUT2D eigenvalue weighted by Gasteiger charge is 2.11. The fourth-order valence-electron chi connectivity index (χ4n) is 2.17. The third kappa shape index (κ3) is 5.66. The number of hydrogen-bond donors (Lipinski definition) is 2. The first-order chi connectivity index (χ1) is 13.0. The molecule has 2 amide bonds. The Morgan fingerprint density at radius 1 is 1.07 bits per heavy atom. The van der Waals surface area contributed by atoms with E-state index in [4.69, 9.17) is 4.42 Å². The number of rotatable bonds is 6. The number of anilines is 2. The molecule has 1 heterocycles. The molecule has 3 rings (SSSR count). The summed E-state index contributed by atoms with van der Waals surface area (Å²) in [5, 5.41) is 13.7.